The summed E-state index contributed by atoms with van der Waals surface area (Å²) in [4.78, 5) is 24.1. The lowest BCUT2D eigenvalue weighted by Crippen LogP contribution is -2.36. The minimum absolute atomic E-state index is 0.210. The molecule has 0 amide bonds. The fourth-order valence-electron chi connectivity index (χ4n) is 3.41. The molecular weight excluding hydrogens is 360 g/mol. The molecule has 0 aliphatic heterocycles. The van der Waals surface area contributed by atoms with E-state index in [2.05, 4.69) is 0 Å². The average Bonchev–Trinajstić information content (AvgIpc) is 2.98. The Morgan fingerprint density at radius 1 is 1.11 bits per heavy atom. The van der Waals surface area contributed by atoms with Gasteiger partial charge >= 0.3 is 12.1 Å². The molecule has 1 aromatic carbocycles. The minimum atomic E-state index is -1.42. The van der Waals surface area contributed by atoms with E-state index in [1.54, 1.807) is 20.8 Å². The molecule has 0 spiro atoms. The van der Waals surface area contributed by atoms with Crippen molar-refractivity contribution in [1.82, 2.24) is 0 Å². The van der Waals surface area contributed by atoms with Crippen LogP contribution in [0.5, 0.6) is 0 Å². The maximum Gasteiger partial charge on any atom is 0.511 e. The molecule has 0 heterocycles. The Kier molecular flexibility index (Phi) is 7.47. The summed E-state index contributed by atoms with van der Waals surface area (Å²) in [6.45, 7) is 8.16. The van der Waals surface area contributed by atoms with Crippen molar-refractivity contribution in [2.45, 2.75) is 84.2 Å². The van der Waals surface area contributed by atoms with Gasteiger partial charge < -0.3 is 19.3 Å². The van der Waals surface area contributed by atoms with E-state index in [-0.39, 0.29) is 12.2 Å². The van der Waals surface area contributed by atoms with Gasteiger partial charge in [0.1, 0.15) is 0 Å². The van der Waals surface area contributed by atoms with Crippen LogP contribution in [0.3, 0.4) is 0 Å². The lowest BCUT2D eigenvalue weighted by atomic mass is 9.93. The summed E-state index contributed by atoms with van der Waals surface area (Å²) >= 11 is 0. The molecule has 1 aliphatic rings. The Bertz CT molecular complexity index is 664. The first kappa shape index (κ1) is 22.2. The van der Waals surface area contributed by atoms with Gasteiger partial charge in [-0.2, -0.15) is 0 Å². The van der Waals surface area contributed by atoms with Crippen LogP contribution < -0.4 is 0 Å². The summed E-state index contributed by atoms with van der Waals surface area (Å²) in [5, 5.41) is 9.98. The zero-order chi connectivity index (χ0) is 20.9. The smallest absolute Gasteiger partial charge is 0.431 e. The van der Waals surface area contributed by atoms with E-state index in [1.165, 1.54) is 13.8 Å². The van der Waals surface area contributed by atoms with Gasteiger partial charge in [0.15, 0.2) is 0 Å². The minimum Gasteiger partial charge on any atom is -0.431 e. The molecule has 1 aromatic rings. The molecule has 1 aliphatic carbocycles. The maximum absolute atomic E-state index is 12.5. The number of ether oxygens (including phenoxy) is 3. The molecule has 3 atom stereocenters. The van der Waals surface area contributed by atoms with E-state index in [1.807, 2.05) is 24.3 Å². The molecule has 156 valence electrons. The van der Waals surface area contributed by atoms with Crippen LogP contribution in [0.25, 0.3) is 0 Å². The summed E-state index contributed by atoms with van der Waals surface area (Å²) in [5.41, 5.74) is 1.97. The van der Waals surface area contributed by atoms with Crippen molar-refractivity contribution >= 4 is 12.1 Å². The number of aliphatic hydroxyl groups excluding tert-OH is 1. The molecule has 6 nitrogen and oxygen atoms in total. The lowest BCUT2D eigenvalue weighted by Gasteiger charge is -2.26. The van der Waals surface area contributed by atoms with Crippen molar-refractivity contribution < 1.29 is 28.9 Å². The number of hydrogen-bond donors (Lipinski definition) is 1. The monoisotopic (exact) mass is 392 g/mol. The first-order valence-corrected chi connectivity index (χ1v) is 9.97. The summed E-state index contributed by atoms with van der Waals surface area (Å²) in [6, 6.07) is 7.80. The highest BCUT2D eigenvalue weighted by atomic mass is 16.8. The van der Waals surface area contributed by atoms with Crippen LogP contribution in [0.4, 0.5) is 4.79 Å². The molecule has 0 unspecified atom stereocenters. The second kappa shape index (κ2) is 9.41. The van der Waals surface area contributed by atoms with Crippen LogP contribution in [-0.2, 0) is 25.4 Å². The van der Waals surface area contributed by atoms with Gasteiger partial charge in [-0.05, 0) is 57.1 Å². The summed E-state index contributed by atoms with van der Waals surface area (Å²) < 4.78 is 15.4. The van der Waals surface area contributed by atoms with Crippen molar-refractivity contribution in [2.75, 3.05) is 0 Å². The molecule has 0 saturated heterocycles. The summed E-state index contributed by atoms with van der Waals surface area (Å²) in [5.74, 6) is -2.09. The van der Waals surface area contributed by atoms with Crippen molar-refractivity contribution in [1.29, 1.82) is 0 Å². The Labute approximate surface area is 167 Å². The number of rotatable bonds is 7. The van der Waals surface area contributed by atoms with Gasteiger partial charge in [-0.25, -0.2) is 4.79 Å². The van der Waals surface area contributed by atoms with E-state index in [0.717, 1.165) is 36.8 Å². The standard InChI is InChI=1S/C22H32O6/c1-14(2)26-21(25)28-22(4,5)27-20(24)15(3)17-11-9-16(10-12-17)13-18-7-6-8-19(18)23/h9-12,14-15,18-19,23H,6-8,13H2,1-5H3/t15-,18+,19-/m0/s1. The topological polar surface area (TPSA) is 82.1 Å². The molecular formula is C22H32O6. The predicted molar refractivity (Wildman–Crippen MR) is 105 cm³/mol. The number of esters is 1. The molecule has 6 heteroatoms. The normalized spacial score (nSPS) is 20.7. The maximum atomic E-state index is 12.5. The molecule has 1 saturated carbocycles. The van der Waals surface area contributed by atoms with Gasteiger partial charge in [-0.3, -0.25) is 4.79 Å². The van der Waals surface area contributed by atoms with Gasteiger partial charge in [-0.1, -0.05) is 30.7 Å². The third kappa shape index (κ3) is 6.51. The molecule has 2 rings (SSSR count). The first-order valence-electron chi connectivity index (χ1n) is 9.97. The Hall–Kier alpha value is -2.08. The molecule has 1 fully saturated rings. The van der Waals surface area contributed by atoms with Crippen LogP contribution in [-0.4, -0.2) is 35.2 Å². The predicted octanol–water partition coefficient (Wildman–Crippen LogP) is 4.33. The van der Waals surface area contributed by atoms with Gasteiger partial charge in [0, 0.05) is 13.8 Å². The van der Waals surface area contributed by atoms with Crippen LogP contribution >= 0.6 is 0 Å². The van der Waals surface area contributed by atoms with Gasteiger partial charge in [0.2, 0.25) is 0 Å². The van der Waals surface area contributed by atoms with Gasteiger partial charge in [0.25, 0.3) is 5.79 Å². The molecule has 0 radical (unpaired) electrons. The van der Waals surface area contributed by atoms with Crippen molar-refractivity contribution in [3.63, 3.8) is 0 Å². The van der Waals surface area contributed by atoms with E-state index in [0.29, 0.717) is 5.92 Å². The zero-order valence-electron chi connectivity index (χ0n) is 17.4. The number of aliphatic hydroxyl groups is 1. The zero-order valence-corrected chi connectivity index (χ0v) is 17.4. The van der Waals surface area contributed by atoms with Crippen LogP contribution in [0.1, 0.15) is 70.9 Å². The Morgan fingerprint density at radius 3 is 2.29 bits per heavy atom. The highest BCUT2D eigenvalue weighted by Crippen LogP contribution is 2.29. The number of carbonyl (C=O) groups excluding carboxylic acids is 2. The highest BCUT2D eigenvalue weighted by molar-refractivity contribution is 5.78. The van der Waals surface area contributed by atoms with Gasteiger partial charge in [0.05, 0.1) is 18.1 Å². The quantitative estimate of drug-likeness (QED) is 0.549. The SMILES string of the molecule is CC(C)OC(=O)OC(C)(C)OC(=O)[C@@H](C)c1ccc(C[C@H]2CCC[C@@H]2O)cc1. The highest BCUT2D eigenvalue weighted by Gasteiger charge is 2.31. The third-order valence-corrected chi connectivity index (χ3v) is 4.96. The second-order valence-corrected chi connectivity index (χ2v) is 8.27. The van der Waals surface area contributed by atoms with Crippen LogP contribution in [0, 0.1) is 5.92 Å². The van der Waals surface area contributed by atoms with E-state index < -0.39 is 23.8 Å². The first-order chi connectivity index (χ1) is 13.1. The Balaban J connectivity index is 1.92. The molecule has 0 bridgehead atoms. The second-order valence-electron chi connectivity index (χ2n) is 8.27. The Morgan fingerprint density at radius 2 is 1.75 bits per heavy atom. The van der Waals surface area contributed by atoms with E-state index in [9.17, 15) is 14.7 Å². The van der Waals surface area contributed by atoms with Crippen LogP contribution in [0.15, 0.2) is 24.3 Å². The third-order valence-electron chi connectivity index (χ3n) is 4.96. The number of benzene rings is 1. The summed E-state index contributed by atoms with van der Waals surface area (Å²) in [7, 11) is 0. The molecule has 1 N–H and O–H groups in total. The van der Waals surface area contributed by atoms with Gasteiger partial charge in [-0.15, -0.1) is 0 Å². The number of hydrogen-bond acceptors (Lipinski definition) is 6. The van der Waals surface area contributed by atoms with E-state index >= 15 is 0 Å². The molecule has 0 aromatic heterocycles. The number of carbonyl (C=O) groups is 2. The molecule has 28 heavy (non-hydrogen) atoms. The fraction of sp³-hybridized carbons (Fsp3) is 0.636. The van der Waals surface area contributed by atoms with Crippen molar-refractivity contribution in [3.8, 4) is 0 Å². The largest absolute Gasteiger partial charge is 0.511 e. The van der Waals surface area contributed by atoms with E-state index in [4.69, 9.17) is 14.2 Å². The average molecular weight is 392 g/mol. The van der Waals surface area contributed by atoms with Crippen LogP contribution in [0.2, 0.25) is 0 Å². The fourth-order valence-corrected chi connectivity index (χ4v) is 3.41. The van der Waals surface area contributed by atoms with Crippen molar-refractivity contribution in [2.24, 2.45) is 5.92 Å². The van der Waals surface area contributed by atoms with Crippen molar-refractivity contribution in [3.05, 3.63) is 35.4 Å². The lowest BCUT2D eigenvalue weighted by molar-refractivity contribution is -0.203. The summed E-state index contributed by atoms with van der Waals surface area (Å²) in [6.07, 6.45) is 2.46.